The van der Waals surface area contributed by atoms with Crippen molar-refractivity contribution in [3.63, 3.8) is 0 Å². The van der Waals surface area contributed by atoms with Gasteiger partial charge in [0.2, 0.25) is 5.91 Å². The first kappa shape index (κ1) is 15.3. The number of carbonyl (C=O) groups is 1. The number of anilines is 1. The maximum absolute atomic E-state index is 11.3. The second-order valence-electron chi connectivity index (χ2n) is 4.39. The van der Waals surface area contributed by atoms with Crippen LogP contribution in [0.4, 0.5) is 5.69 Å². The van der Waals surface area contributed by atoms with E-state index in [1.807, 2.05) is 38.2 Å². The molecule has 0 aliphatic rings. The molecule has 0 saturated heterocycles. The number of rotatable bonds is 8. The highest BCUT2D eigenvalue weighted by atomic mass is 16.5. The molecule has 0 saturated carbocycles. The molecule has 1 amide bonds. The highest BCUT2D eigenvalue weighted by molar-refractivity contribution is 5.79. The van der Waals surface area contributed by atoms with E-state index >= 15 is 0 Å². The number of hydrogen-bond donors (Lipinski definition) is 2. The molecule has 106 valence electrons. The van der Waals surface area contributed by atoms with Gasteiger partial charge >= 0.3 is 0 Å². The number of benzene rings is 1. The summed E-state index contributed by atoms with van der Waals surface area (Å²) in [6.07, 6.45) is 0.664. The first-order chi connectivity index (χ1) is 9.10. The quantitative estimate of drug-likeness (QED) is 0.735. The van der Waals surface area contributed by atoms with Crippen molar-refractivity contribution in [2.45, 2.75) is 19.4 Å². The third kappa shape index (κ3) is 4.44. The summed E-state index contributed by atoms with van der Waals surface area (Å²) in [5.41, 5.74) is 6.36. The molecule has 0 aromatic heterocycles. The van der Waals surface area contributed by atoms with Crippen LogP contribution in [-0.4, -0.2) is 39.2 Å². The Morgan fingerprint density at radius 1 is 1.47 bits per heavy atom. The van der Waals surface area contributed by atoms with E-state index in [0.29, 0.717) is 6.42 Å². The molecule has 1 unspecified atom stereocenters. The third-order valence-corrected chi connectivity index (χ3v) is 3.04. The normalized spacial score (nSPS) is 11.9. The third-order valence-electron chi connectivity index (χ3n) is 3.04. The Labute approximate surface area is 114 Å². The second-order valence-corrected chi connectivity index (χ2v) is 4.39. The Morgan fingerprint density at radius 2 is 2.16 bits per heavy atom. The van der Waals surface area contributed by atoms with Crippen LogP contribution >= 0.6 is 0 Å². The molecule has 0 radical (unpaired) electrons. The predicted molar refractivity (Wildman–Crippen MR) is 77.5 cm³/mol. The van der Waals surface area contributed by atoms with E-state index in [-0.39, 0.29) is 11.9 Å². The van der Waals surface area contributed by atoms with Crippen molar-refractivity contribution < 1.29 is 9.53 Å². The summed E-state index contributed by atoms with van der Waals surface area (Å²) >= 11 is 0. The summed E-state index contributed by atoms with van der Waals surface area (Å²) < 4.78 is 5.32. The summed E-state index contributed by atoms with van der Waals surface area (Å²) in [5.74, 6) is 0.513. The lowest BCUT2D eigenvalue weighted by Gasteiger charge is -2.23. The van der Waals surface area contributed by atoms with E-state index in [9.17, 15) is 4.79 Å². The van der Waals surface area contributed by atoms with Gasteiger partial charge in [-0.25, -0.2) is 0 Å². The van der Waals surface area contributed by atoms with Crippen molar-refractivity contribution in [2.24, 2.45) is 5.73 Å². The fourth-order valence-electron chi connectivity index (χ4n) is 1.98. The number of primary amides is 1. The van der Waals surface area contributed by atoms with Crippen molar-refractivity contribution in [1.82, 2.24) is 5.32 Å². The van der Waals surface area contributed by atoms with E-state index in [1.54, 1.807) is 7.11 Å². The maximum atomic E-state index is 11.3. The highest BCUT2D eigenvalue weighted by Gasteiger charge is 2.15. The number of hydrogen-bond acceptors (Lipinski definition) is 4. The average molecular weight is 265 g/mol. The summed E-state index contributed by atoms with van der Waals surface area (Å²) in [6, 6.07) is 7.51. The van der Waals surface area contributed by atoms with Gasteiger partial charge in [0.1, 0.15) is 5.75 Å². The van der Waals surface area contributed by atoms with E-state index in [0.717, 1.165) is 24.5 Å². The topological polar surface area (TPSA) is 67.6 Å². The van der Waals surface area contributed by atoms with Crippen LogP contribution in [0.5, 0.6) is 5.75 Å². The zero-order valence-electron chi connectivity index (χ0n) is 11.8. The number of para-hydroxylation sites is 2. The molecule has 0 spiro atoms. The molecule has 0 aliphatic heterocycles. The first-order valence-electron chi connectivity index (χ1n) is 6.47. The molecular weight excluding hydrogens is 242 g/mol. The number of likely N-dealkylation sites (N-methyl/N-ethyl adjacent to an activating group) is 1. The largest absolute Gasteiger partial charge is 0.495 e. The van der Waals surface area contributed by atoms with Gasteiger partial charge in [-0.1, -0.05) is 19.1 Å². The smallest absolute Gasteiger partial charge is 0.234 e. The number of nitrogens with two attached hydrogens (primary N) is 1. The molecule has 3 N–H and O–H groups in total. The van der Waals surface area contributed by atoms with Gasteiger partial charge in [0.15, 0.2) is 0 Å². The second kappa shape index (κ2) is 7.63. The Kier molecular flexibility index (Phi) is 6.15. The summed E-state index contributed by atoms with van der Waals surface area (Å²) in [6.45, 7) is 3.41. The van der Waals surface area contributed by atoms with Crippen LogP contribution in [0.3, 0.4) is 0 Å². The molecule has 19 heavy (non-hydrogen) atoms. The molecule has 0 fully saturated rings. The number of carbonyl (C=O) groups excluding carboxylic acids is 1. The van der Waals surface area contributed by atoms with Gasteiger partial charge in [0.25, 0.3) is 0 Å². The van der Waals surface area contributed by atoms with Crippen molar-refractivity contribution in [2.75, 3.05) is 32.1 Å². The van der Waals surface area contributed by atoms with Gasteiger partial charge in [-0.05, 0) is 25.1 Å². The van der Waals surface area contributed by atoms with Gasteiger partial charge in [0, 0.05) is 13.6 Å². The molecule has 1 aromatic carbocycles. The Balaban J connectivity index is 2.63. The highest BCUT2D eigenvalue weighted by Crippen LogP contribution is 2.26. The van der Waals surface area contributed by atoms with Gasteiger partial charge < -0.3 is 20.7 Å². The maximum Gasteiger partial charge on any atom is 0.234 e. The number of nitrogens with zero attached hydrogens (tertiary/aromatic N) is 1. The van der Waals surface area contributed by atoms with E-state index in [2.05, 4.69) is 10.2 Å². The number of amides is 1. The molecule has 1 rings (SSSR count). The molecular formula is C14H23N3O2. The van der Waals surface area contributed by atoms with E-state index in [4.69, 9.17) is 10.5 Å². The standard InChI is InChI=1S/C14H23N3O2/c1-4-16-11(14(15)18)9-10-17(2)12-7-5-6-8-13(12)19-3/h5-8,11,16H,4,9-10H2,1-3H3,(H2,15,18). The van der Waals surface area contributed by atoms with Crippen LogP contribution in [0.25, 0.3) is 0 Å². The SMILES string of the molecule is CCNC(CCN(C)c1ccccc1OC)C(N)=O. The molecule has 1 aromatic rings. The van der Waals surface area contributed by atoms with Crippen molar-refractivity contribution >= 4 is 11.6 Å². The zero-order valence-corrected chi connectivity index (χ0v) is 11.8. The summed E-state index contributed by atoms with van der Waals surface area (Å²) in [5, 5.41) is 3.09. The van der Waals surface area contributed by atoms with Crippen LogP contribution in [-0.2, 0) is 4.79 Å². The van der Waals surface area contributed by atoms with Crippen molar-refractivity contribution in [3.05, 3.63) is 24.3 Å². The lowest BCUT2D eigenvalue weighted by atomic mass is 10.1. The Morgan fingerprint density at radius 3 is 2.74 bits per heavy atom. The van der Waals surface area contributed by atoms with Crippen LogP contribution in [0.1, 0.15) is 13.3 Å². The minimum absolute atomic E-state index is 0.290. The van der Waals surface area contributed by atoms with Gasteiger partial charge in [-0.15, -0.1) is 0 Å². The van der Waals surface area contributed by atoms with E-state index in [1.165, 1.54) is 0 Å². The van der Waals surface area contributed by atoms with Crippen LogP contribution in [0, 0.1) is 0 Å². The van der Waals surface area contributed by atoms with Crippen molar-refractivity contribution in [3.8, 4) is 5.75 Å². The van der Waals surface area contributed by atoms with Crippen LogP contribution in [0.15, 0.2) is 24.3 Å². The van der Waals surface area contributed by atoms with E-state index < -0.39 is 0 Å². The number of nitrogens with one attached hydrogen (secondary N) is 1. The summed E-state index contributed by atoms with van der Waals surface area (Å²) in [7, 11) is 3.62. The molecule has 0 aliphatic carbocycles. The number of methoxy groups -OCH3 is 1. The fourth-order valence-corrected chi connectivity index (χ4v) is 1.98. The Bertz CT molecular complexity index is 409. The number of ether oxygens (including phenoxy) is 1. The minimum atomic E-state index is -0.310. The molecule has 1 atom stereocenters. The minimum Gasteiger partial charge on any atom is -0.495 e. The van der Waals surface area contributed by atoms with Gasteiger partial charge in [-0.3, -0.25) is 4.79 Å². The first-order valence-corrected chi connectivity index (χ1v) is 6.47. The fraction of sp³-hybridized carbons (Fsp3) is 0.500. The summed E-state index contributed by atoms with van der Waals surface area (Å²) in [4.78, 5) is 13.3. The lowest BCUT2D eigenvalue weighted by molar-refractivity contribution is -0.120. The monoisotopic (exact) mass is 265 g/mol. The molecule has 5 heteroatoms. The molecule has 0 bridgehead atoms. The van der Waals surface area contributed by atoms with Crippen LogP contribution < -0.4 is 20.7 Å². The predicted octanol–water partition coefficient (Wildman–Crippen LogP) is 0.985. The zero-order chi connectivity index (χ0) is 14.3. The Hall–Kier alpha value is -1.75. The van der Waals surface area contributed by atoms with Gasteiger partial charge in [0.05, 0.1) is 18.8 Å². The van der Waals surface area contributed by atoms with Crippen molar-refractivity contribution in [1.29, 1.82) is 0 Å². The molecule has 0 heterocycles. The van der Waals surface area contributed by atoms with Gasteiger partial charge in [-0.2, -0.15) is 0 Å². The average Bonchev–Trinajstić information content (AvgIpc) is 2.42. The lowest BCUT2D eigenvalue weighted by Crippen LogP contribution is -2.43. The molecule has 5 nitrogen and oxygen atoms in total. The van der Waals surface area contributed by atoms with Crippen LogP contribution in [0.2, 0.25) is 0 Å².